The van der Waals surface area contributed by atoms with Gasteiger partial charge in [0.1, 0.15) is 12.4 Å². The summed E-state index contributed by atoms with van der Waals surface area (Å²) in [6.45, 7) is 7.16. The molecule has 1 aliphatic rings. The summed E-state index contributed by atoms with van der Waals surface area (Å²) < 4.78 is 34.0. The standard InChI is InChI=1S/C23H28N2O5S.BrH/c1-16(2)30-23(26)25-12-11-22(17(3)14-25)18-5-6-19(24-13-18)15-29-20-7-9-21(10-8-20)31(4,27)28;/h5-11,13,16-17H,12,14-15H2,1-4H3;1H. The van der Waals surface area contributed by atoms with Crippen LogP contribution in [-0.2, 0) is 21.2 Å². The summed E-state index contributed by atoms with van der Waals surface area (Å²) in [5.41, 5.74) is 2.94. The number of hydrogen-bond donors (Lipinski definition) is 0. The zero-order valence-electron chi connectivity index (χ0n) is 18.6. The van der Waals surface area contributed by atoms with Gasteiger partial charge in [-0.15, -0.1) is 17.0 Å². The SMILES string of the molecule is Br.CC(C)OC(=O)N1CC=C(c2ccc(COc3ccc(S(C)(=O)=O)cc3)nc2)C(C)C1. The number of benzene rings is 1. The van der Waals surface area contributed by atoms with Gasteiger partial charge in [-0.05, 0) is 61.2 Å². The number of halogens is 1. The second-order valence-electron chi connectivity index (χ2n) is 7.97. The van der Waals surface area contributed by atoms with Crippen molar-refractivity contribution in [3.8, 4) is 5.75 Å². The maximum Gasteiger partial charge on any atom is 0.410 e. The molecule has 7 nitrogen and oxygen atoms in total. The van der Waals surface area contributed by atoms with Crippen molar-refractivity contribution in [2.45, 2.75) is 38.4 Å². The van der Waals surface area contributed by atoms with Crippen molar-refractivity contribution in [1.82, 2.24) is 9.88 Å². The molecule has 1 aliphatic heterocycles. The van der Waals surface area contributed by atoms with Crippen molar-refractivity contribution in [2.75, 3.05) is 19.3 Å². The number of aromatic nitrogens is 1. The Kier molecular flexibility index (Phi) is 8.86. The van der Waals surface area contributed by atoms with E-state index in [0.717, 1.165) is 16.8 Å². The summed E-state index contributed by atoms with van der Waals surface area (Å²) in [6, 6.07) is 10.2. The van der Waals surface area contributed by atoms with Gasteiger partial charge >= 0.3 is 6.09 Å². The van der Waals surface area contributed by atoms with Crippen molar-refractivity contribution < 1.29 is 22.7 Å². The first-order chi connectivity index (χ1) is 14.6. The van der Waals surface area contributed by atoms with Crippen molar-refractivity contribution >= 4 is 38.5 Å². The van der Waals surface area contributed by atoms with E-state index in [-0.39, 0.29) is 46.6 Å². The fourth-order valence-corrected chi connectivity index (χ4v) is 3.99. The summed E-state index contributed by atoms with van der Waals surface area (Å²) in [5, 5.41) is 0. The van der Waals surface area contributed by atoms with E-state index in [1.165, 1.54) is 18.4 Å². The van der Waals surface area contributed by atoms with Crippen LogP contribution in [0, 0.1) is 5.92 Å². The predicted molar refractivity (Wildman–Crippen MR) is 129 cm³/mol. The third-order valence-electron chi connectivity index (χ3n) is 4.95. The molecule has 1 atom stereocenters. The molecule has 1 unspecified atom stereocenters. The van der Waals surface area contributed by atoms with Crippen LogP contribution in [0.4, 0.5) is 4.79 Å². The Morgan fingerprint density at radius 1 is 1.19 bits per heavy atom. The fourth-order valence-electron chi connectivity index (χ4n) is 3.36. The van der Waals surface area contributed by atoms with E-state index in [1.807, 2.05) is 38.3 Å². The molecule has 1 aromatic heterocycles. The summed E-state index contributed by atoms with van der Waals surface area (Å²) >= 11 is 0. The van der Waals surface area contributed by atoms with Crippen LogP contribution in [0.3, 0.4) is 0 Å². The van der Waals surface area contributed by atoms with E-state index in [4.69, 9.17) is 9.47 Å². The number of ether oxygens (including phenoxy) is 2. The highest BCUT2D eigenvalue weighted by Crippen LogP contribution is 2.28. The first kappa shape index (κ1) is 25.9. The number of amides is 1. The predicted octanol–water partition coefficient (Wildman–Crippen LogP) is 4.52. The Bertz CT molecular complexity index is 1050. The Balaban J connectivity index is 0.00000363. The van der Waals surface area contributed by atoms with E-state index >= 15 is 0 Å². The summed E-state index contributed by atoms with van der Waals surface area (Å²) in [4.78, 5) is 18.6. The molecule has 9 heteroatoms. The normalized spacial score (nSPS) is 16.2. The van der Waals surface area contributed by atoms with Crippen molar-refractivity contribution in [1.29, 1.82) is 0 Å². The van der Waals surface area contributed by atoms with Crippen LogP contribution in [-0.4, -0.2) is 49.8 Å². The lowest BCUT2D eigenvalue weighted by atomic mass is 9.91. The molecule has 0 saturated carbocycles. The van der Waals surface area contributed by atoms with E-state index in [2.05, 4.69) is 11.9 Å². The van der Waals surface area contributed by atoms with E-state index in [0.29, 0.717) is 18.8 Å². The molecule has 1 aromatic carbocycles. The number of hydrogen-bond acceptors (Lipinski definition) is 6. The van der Waals surface area contributed by atoms with Gasteiger partial charge in [-0.25, -0.2) is 13.2 Å². The molecule has 0 saturated heterocycles. The summed E-state index contributed by atoms with van der Waals surface area (Å²) in [7, 11) is -3.22. The highest BCUT2D eigenvalue weighted by Gasteiger charge is 2.25. The number of nitrogens with zero attached hydrogens (tertiary/aromatic N) is 2. The third-order valence-corrected chi connectivity index (χ3v) is 6.08. The quantitative estimate of drug-likeness (QED) is 0.551. The first-order valence-electron chi connectivity index (χ1n) is 10.2. The molecule has 32 heavy (non-hydrogen) atoms. The average Bonchev–Trinajstić information content (AvgIpc) is 2.72. The molecule has 0 bridgehead atoms. The van der Waals surface area contributed by atoms with Gasteiger partial charge in [-0.2, -0.15) is 0 Å². The topological polar surface area (TPSA) is 85.8 Å². The number of carbonyl (C=O) groups is 1. The highest BCUT2D eigenvalue weighted by atomic mass is 79.9. The fraction of sp³-hybridized carbons (Fsp3) is 0.391. The van der Waals surface area contributed by atoms with Crippen LogP contribution < -0.4 is 4.74 Å². The zero-order chi connectivity index (χ0) is 22.6. The largest absolute Gasteiger partial charge is 0.487 e. The molecule has 174 valence electrons. The van der Waals surface area contributed by atoms with Crippen LogP contribution in [0.25, 0.3) is 5.57 Å². The zero-order valence-corrected chi connectivity index (χ0v) is 21.2. The minimum absolute atomic E-state index is 0. The molecule has 0 spiro atoms. The summed E-state index contributed by atoms with van der Waals surface area (Å²) in [6.07, 6.45) is 4.62. The molecule has 1 amide bonds. The van der Waals surface area contributed by atoms with Gasteiger partial charge in [0.2, 0.25) is 0 Å². The number of sulfone groups is 1. The molecular formula is C23H29BrN2O5S. The molecule has 2 heterocycles. The number of pyridine rings is 1. The third kappa shape index (κ3) is 6.80. The van der Waals surface area contributed by atoms with E-state index in [1.54, 1.807) is 17.0 Å². The van der Waals surface area contributed by atoms with Gasteiger partial charge in [0.05, 0.1) is 16.7 Å². The maximum atomic E-state index is 12.1. The molecule has 3 rings (SSSR count). The molecular weight excluding hydrogens is 496 g/mol. The Morgan fingerprint density at radius 2 is 1.88 bits per heavy atom. The first-order valence-corrected chi connectivity index (χ1v) is 12.1. The molecule has 2 aromatic rings. The van der Waals surface area contributed by atoms with Gasteiger partial charge < -0.3 is 14.4 Å². The second kappa shape index (κ2) is 11.0. The second-order valence-corrected chi connectivity index (χ2v) is 9.98. The Morgan fingerprint density at radius 3 is 2.41 bits per heavy atom. The monoisotopic (exact) mass is 524 g/mol. The number of carbonyl (C=O) groups excluding carboxylic acids is 1. The van der Waals surface area contributed by atoms with Crippen LogP contribution in [0.1, 0.15) is 32.0 Å². The van der Waals surface area contributed by atoms with Crippen LogP contribution in [0.15, 0.2) is 53.6 Å². The van der Waals surface area contributed by atoms with Crippen LogP contribution in [0.2, 0.25) is 0 Å². The lowest BCUT2D eigenvalue weighted by Crippen LogP contribution is -2.39. The lowest BCUT2D eigenvalue weighted by Gasteiger charge is -2.31. The summed E-state index contributed by atoms with van der Waals surface area (Å²) in [5.74, 6) is 0.751. The van der Waals surface area contributed by atoms with E-state index in [9.17, 15) is 13.2 Å². The minimum atomic E-state index is -3.22. The average molecular weight is 525 g/mol. The number of rotatable bonds is 6. The van der Waals surface area contributed by atoms with Gasteiger partial charge in [0.25, 0.3) is 0 Å². The molecule has 0 N–H and O–H groups in total. The van der Waals surface area contributed by atoms with Gasteiger partial charge in [0.15, 0.2) is 9.84 Å². The molecule has 0 aliphatic carbocycles. The van der Waals surface area contributed by atoms with Crippen molar-refractivity contribution in [3.63, 3.8) is 0 Å². The lowest BCUT2D eigenvalue weighted by molar-refractivity contribution is 0.0769. The van der Waals surface area contributed by atoms with Gasteiger partial charge in [-0.3, -0.25) is 4.98 Å². The molecule has 0 fully saturated rings. The maximum absolute atomic E-state index is 12.1. The van der Waals surface area contributed by atoms with Crippen LogP contribution in [0.5, 0.6) is 5.75 Å². The van der Waals surface area contributed by atoms with Gasteiger partial charge in [-0.1, -0.05) is 19.1 Å². The Labute approximate surface area is 200 Å². The molecule has 0 radical (unpaired) electrons. The van der Waals surface area contributed by atoms with Gasteiger partial charge in [0, 0.05) is 25.5 Å². The highest BCUT2D eigenvalue weighted by molar-refractivity contribution is 8.93. The Hall–Kier alpha value is -2.39. The minimum Gasteiger partial charge on any atom is -0.487 e. The smallest absolute Gasteiger partial charge is 0.410 e. The van der Waals surface area contributed by atoms with Crippen LogP contribution >= 0.6 is 17.0 Å². The van der Waals surface area contributed by atoms with Crippen molar-refractivity contribution in [3.05, 3.63) is 59.9 Å². The van der Waals surface area contributed by atoms with Crippen molar-refractivity contribution in [2.24, 2.45) is 5.92 Å². The van der Waals surface area contributed by atoms with E-state index < -0.39 is 9.84 Å².